The van der Waals surface area contributed by atoms with Gasteiger partial charge in [-0.15, -0.1) is 0 Å². The minimum atomic E-state index is -1.55. The highest BCUT2D eigenvalue weighted by Crippen LogP contribution is 2.32. The van der Waals surface area contributed by atoms with Gasteiger partial charge in [-0.3, -0.25) is 4.79 Å². The molecule has 0 spiro atoms. The van der Waals surface area contributed by atoms with Crippen LogP contribution < -0.4 is 14.8 Å². The van der Waals surface area contributed by atoms with E-state index in [9.17, 15) is 14.0 Å². The highest BCUT2D eigenvalue weighted by molar-refractivity contribution is 5.97. The van der Waals surface area contributed by atoms with Crippen molar-refractivity contribution in [2.75, 3.05) is 13.5 Å². The van der Waals surface area contributed by atoms with Crippen LogP contribution in [0, 0.1) is 0 Å². The lowest BCUT2D eigenvalue weighted by molar-refractivity contribution is -0.139. The molecule has 0 saturated carbocycles. The number of fused-ring (bicyclic) bond motifs is 1. The second-order valence-corrected chi connectivity index (χ2v) is 3.59. The molecule has 1 unspecified atom stereocenters. The van der Waals surface area contributed by atoms with E-state index in [1.807, 2.05) is 0 Å². The van der Waals surface area contributed by atoms with Crippen LogP contribution in [0.2, 0.25) is 0 Å². The number of halogens is 1. The number of carbonyl (C=O) groups is 2. The van der Waals surface area contributed by atoms with Crippen LogP contribution in [-0.2, 0) is 4.79 Å². The molecule has 2 rings (SSSR count). The Hall–Kier alpha value is -2.31. The SMILES string of the molecule is O=C(NC(CF)C(=O)O)c1ccc2c(c1)OCO2. The molecule has 0 aromatic heterocycles. The molecule has 18 heavy (non-hydrogen) atoms. The average Bonchev–Trinajstić information content (AvgIpc) is 2.82. The normalized spacial score (nSPS) is 14.1. The molecule has 1 aliphatic heterocycles. The predicted octanol–water partition coefficient (Wildman–Crippen LogP) is 0.568. The smallest absolute Gasteiger partial charge is 0.328 e. The van der Waals surface area contributed by atoms with Crippen LogP contribution in [0.4, 0.5) is 4.39 Å². The molecule has 0 aliphatic carbocycles. The highest BCUT2D eigenvalue weighted by atomic mass is 19.1. The van der Waals surface area contributed by atoms with E-state index in [1.165, 1.54) is 18.2 Å². The van der Waals surface area contributed by atoms with E-state index in [0.29, 0.717) is 11.5 Å². The summed E-state index contributed by atoms with van der Waals surface area (Å²) in [5.41, 5.74) is 0.180. The number of hydrogen-bond acceptors (Lipinski definition) is 4. The van der Waals surface area contributed by atoms with Gasteiger partial charge in [-0.2, -0.15) is 0 Å². The molecule has 96 valence electrons. The fraction of sp³-hybridized carbons (Fsp3) is 0.273. The van der Waals surface area contributed by atoms with Crippen molar-refractivity contribution in [3.05, 3.63) is 23.8 Å². The molecule has 1 atom stereocenters. The Kier molecular flexibility index (Phi) is 3.31. The number of carboxylic acids is 1. The molecule has 7 heteroatoms. The maximum absolute atomic E-state index is 12.4. The van der Waals surface area contributed by atoms with Gasteiger partial charge in [-0.1, -0.05) is 0 Å². The minimum absolute atomic E-state index is 0.0721. The van der Waals surface area contributed by atoms with E-state index < -0.39 is 24.6 Å². The number of aliphatic carboxylic acids is 1. The van der Waals surface area contributed by atoms with Crippen molar-refractivity contribution in [3.63, 3.8) is 0 Å². The number of rotatable bonds is 4. The Morgan fingerprint density at radius 3 is 2.78 bits per heavy atom. The Balaban J connectivity index is 2.12. The first-order valence-electron chi connectivity index (χ1n) is 5.11. The van der Waals surface area contributed by atoms with Crippen LogP contribution in [-0.4, -0.2) is 36.5 Å². The van der Waals surface area contributed by atoms with Gasteiger partial charge in [0, 0.05) is 5.56 Å². The van der Waals surface area contributed by atoms with Crippen LogP contribution in [0.3, 0.4) is 0 Å². The summed E-state index contributed by atoms with van der Waals surface area (Å²) < 4.78 is 22.5. The Morgan fingerprint density at radius 1 is 1.39 bits per heavy atom. The minimum Gasteiger partial charge on any atom is -0.480 e. The van der Waals surface area contributed by atoms with Crippen molar-refractivity contribution in [1.29, 1.82) is 0 Å². The molecule has 6 nitrogen and oxygen atoms in total. The first kappa shape index (κ1) is 12.2. The summed E-state index contributed by atoms with van der Waals surface area (Å²) in [7, 11) is 0. The van der Waals surface area contributed by atoms with Gasteiger partial charge in [0.2, 0.25) is 6.79 Å². The standard InChI is InChI=1S/C11H10FNO5/c12-4-7(11(15)16)13-10(14)6-1-2-8-9(3-6)18-5-17-8/h1-3,7H,4-5H2,(H,13,14)(H,15,16). The Labute approximate surface area is 101 Å². The van der Waals surface area contributed by atoms with Gasteiger partial charge in [0.05, 0.1) is 0 Å². The summed E-state index contributed by atoms with van der Waals surface area (Å²) in [6.07, 6.45) is 0. The van der Waals surface area contributed by atoms with Crippen LogP contribution in [0.25, 0.3) is 0 Å². The second kappa shape index (κ2) is 4.91. The van der Waals surface area contributed by atoms with Gasteiger partial charge in [0.15, 0.2) is 17.5 Å². The third-order valence-corrected chi connectivity index (χ3v) is 2.39. The van der Waals surface area contributed by atoms with Crippen LogP contribution in [0.15, 0.2) is 18.2 Å². The van der Waals surface area contributed by atoms with Crippen LogP contribution >= 0.6 is 0 Å². The third-order valence-electron chi connectivity index (χ3n) is 2.39. The number of alkyl halides is 1. The molecule has 0 saturated heterocycles. The summed E-state index contributed by atoms with van der Waals surface area (Å²) in [4.78, 5) is 22.3. The van der Waals surface area contributed by atoms with Crippen LogP contribution in [0.1, 0.15) is 10.4 Å². The largest absolute Gasteiger partial charge is 0.480 e. The molecule has 0 bridgehead atoms. The molecule has 0 radical (unpaired) electrons. The van der Waals surface area contributed by atoms with E-state index >= 15 is 0 Å². The zero-order chi connectivity index (χ0) is 13.1. The zero-order valence-corrected chi connectivity index (χ0v) is 9.18. The van der Waals surface area contributed by atoms with Crippen LogP contribution in [0.5, 0.6) is 11.5 Å². The summed E-state index contributed by atoms with van der Waals surface area (Å²) in [5, 5.41) is 10.7. The van der Waals surface area contributed by atoms with Gasteiger partial charge >= 0.3 is 5.97 Å². The lowest BCUT2D eigenvalue weighted by Gasteiger charge is -2.10. The highest BCUT2D eigenvalue weighted by Gasteiger charge is 2.22. The summed E-state index contributed by atoms with van der Waals surface area (Å²) in [5.74, 6) is -1.20. The Bertz CT molecular complexity index is 490. The van der Waals surface area contributed by atoms with Gasteiger partial charge in [0.1, 0.15) is 6.67 Å². The van der Waals surface area contributed by atoms with E-state index in [0.717, 1.165) is 0 Å². The molecule has 2 N–H and O–H groups in total. The van der Waals surface area contributed by atoms with Crippen molar-refractivity contribution in [2.24, 2.45) is 0 Å². The zero-order valence-electron chi connectivity index (χ0n) is 9.18. The van der Waals surface area contributed by atoms with E-state index in [1.54, 1.807) is 0 Å². The first-order valence-corrected chi connectivity index (χ1v) is 5.11. The van der Waals surface area contributed by atoms with Crippen molar-refractivity contribution in [2.45, 2.75) is 6.04 Å². The van der Waals surface area contributed by atoms with Crippen molar-refractivity contribution < 1.29 is 28.6 Å². The Morgan fingerprint density at radius 2 is 2.11 bits per heavy atom. The lowest BCUT2D eigenvalue weighted by Crippen LogP contribution is -2.42. The van der Waals surface area contributed by atoms with Gasteiger partial charge in [-0.25, -0.2) is 9.18 Å². The number of benzene rings is 1. The number of carboxylic acid groups (broad SMARTS) is 1. The van der Waals surface area contributed by atoms with E-state index in [-0.39, 0.29) is 12.4 Å². The number of carbonyl (C=O) groups excluding carboxylic acids is 1. The number of nitrogens with one attached hydrogen (secondary N) is 1. The summed E-state index contributed by atoms with van der Waals surface area (Å²) in [6.45, 7) is -1.10. The van der Waals surface area contributed by atoms with E-state index in [4.69, 9.17) is 14.6 Å². The van der Waals surface area contributed by atoms with Gasteiger partial charge in [0.25, 0.3) is 5.91 Å². The molecular weight excluding hydrogens is 245 g/mol. The van der Waals surface area contributed by atoms with Gasteiger partial charge in [-0.05, 0) is 18.2 Å². The molecule has 1 aromatic carbocycles. The molecule has 1 aromatic rings. The number of amides is 1. The van der Waals surface area contributed by atoms with Crippen molar-refractivity contribution in [3.8, 4) is 11.5 Å². The fourth-order valence-corrected chi connectivity index (χ4v) is 1.45. The molecular formula is C11H10FNO5. The second-order valence-electron chi connectivity index (χ2n) is 3.59. The summed E-state index contributed by atoms with van der Waals surface area (Å²) >= 11 is 0. The maximum Gasteiger partial charge on any atom is 0.328 e. The lowest BCUT2D eigenvalue weighted by atomic mass is 10.1. The quantitative estimate of drug-likeness (QED) is 0.821. The van der Waals surface area contributed by atoms with Crippen molar-refractivity contribution in [1.82, 2.24) is 5.32 Å². The number of hydrogen-bond donors (Lipinski definition) is 2. The average molecular weight is 255 g/mol. The topological polar surface area (TPSA) is 84.9 Å². The molecule has 1 heterocycles. The monoisotopic (exact) mass is 255 g/mol. The summed E-state index contributed by atoms with van der Waals surface area (Å²) in [6, 6.07) is 2.83. The fourth-order valence-electron chi connectivity index (χ4n) is 1.45. The van der Waals surface area contributed by atoms with Crippen molar-refractivity contribution >= 4 is 11.9 Å². The number of ether oxygens (including phenoxy) is 2. The maximum atomic E-state index is 12.4. The molecule has 0 fully saturated rings. The molecule has 1 amide bonds. The van der Waals surface area contributed by atoms with E-state index in [2.05, 4.69) is 5.32 Å². The third kappa shape index (κ3) is 2.34. The predicted molar refractivity (Wildman–Crippen MR) is 57.4 cm³/mol. The molecule has 1 aliphatic rings. The van der Waals surface area contributed by atoms with Gasteiger partial charge < -0.3 is 19.9 Å². The first-order chi connectivity index (χ1) is 8.61.